The van der Waals surface area contributed by atoms with Crippen LogP contribution in [0.4, 0.5) is 0 Å². The smallest absolute Gasteiger partial charge is 0.130 e. The molecule has 1 aromatic carbocycles. The van der Waals surface area contributed by atoms with Gasteiger partial charge in [-0.1, -0.05) is 64.2 Å². The maximum Gasteiger partial charge on any atom is 0.130 e. The highest BCUT2D eigenvalue weighted by atomic mass is 32.1. The molecule has 0 aliphatic heterocycles. The van der Waals surface area contributed by atoms with E-state index in [1.165, 1.54) is 5.56 Å². The summed E-state index contributed by atoms with van der Waals surface area (Å²) in [5.41, 5.74) is 3.70. The zero-order valence-corrected chi connectivity index (χ0v) is 12.8. The van der Waals surface area contributed by atoms with Crippen molar-refractivity contribution in [2.45, 2.75) is 39.5 Å². The molecule has 0 radical (unpaired) electrons. The van der Waals surface area contributed by atoms with E-state index in [-0.39, 0.29) is 5.41 Å². The van der Waals surface area contributed by atoms with E-state index in [0.717, 1.165) is 23.5 Å². The molecule has 0 unspecified atom stereocenters. The number of hydrogen-bond donors (Lipinski definition) is 1. The maximum atomic E-state index is 5.21. The van der Waals surface area contributed by atoms with Crippen molar-refractivity contribution in [2.24, 2.45) is 0 Å². The molecule has 0 aliphatic rings. The Labute approximate surface area is 119 Å². The molecule has 1 N–H and O–H groups in total. The molecular formula is C16H20N2S. The molecule has 3 heteroatoms. The van der Waals surface area contributed by atoms with Crippen LogP contribution in [0, 0.1) is 4.64 Å². The van der Waals surface area contributed by atoms with Crippen LogP contribution >= 0.6 is 12.2 Å². The third kappa shape index (κ3) is 3.29. The summed E-state index contributed by atoms with van der Waals surface area (Å²) < 4.78 is 0.644. The summed E-state index contributed by atoms with van der Waals surface area (Å²) in [5, 5.41) is 0. The largest absolute Gasteiger partial charge is 0.343 e. The number of aromatic amines is 1. The molecule has 0 spiro atoms. The number of benzene rings is 1. The summed E-state index contributed by atoms with van der Waals surface area (Å²) in [6.07, 6.45) is 0.859. The van der Waals surface area contributed by atoms with Crippen LogP contribution in [-0.2, 0) is 11.8 Å². The van der Waals surface area contributed by atoms with E-state index in [2.05, 4.69) is 61.9 Å². The zero-order chi connectivity index (χ0) is 14.0. The van der Waals surface area contributed by atoms with E-state index in [1.54, 1.807) is 0 Å². The van der Waals surface area contributed by atoms with Crippen LogP contribution in [0.1, 0.15) is 39.1 Å². The summed E-state index contributed by atoms with van der Waals surface area (Å²) in [4.78, 5) is 7.63. The standard InChI is InChI=1S/C16H20N2S/c1-5-14-17-13(10-15(19)18-14)11-6-8-12(9-7-11)16(2,3)4/h6-10H,5H2,1-4H3,(H,17,18,19). The van der Waals surface area contributed by atoms with Gasteiger partial charge in [0.15, 0.2) is 0 Å². The second-order valence-corrected chi connectivity index (χ2v) is 6.18. The first-order valence-electron chi connectivity index (χ1n) is 6.61. The lowest BCUT2D eigenvalue weighted by Gasteiger charge is -2.19. The fourth-order valence-electron chi connectivity index (χ4n) is 1.98. The van der Waals surface area contributed by atoms with E-state index in [0.29, 0.717) is 4.64 Å². The van der Waals surface area contributed by atoms with Gasteiger partial charge in [0.25, 0.3) is 0 Å². The monoisotopic (exact) mass is 272 g/mol. The van der Waals surface area contributed by atoms with Crippen molar-refractivity contribution in [3.05, 3.63) is 46.4 Å². The molecule has 19 heavy (non-hydrogen) atoms. The van der Waals surface area contributed by atoms with Gasteiger partial charge in [0, 0.05) is 12.1 Å². The number of aryl methyl sites for hydroxylation is 1. The summed E-state index contributed by atoms with van der Waals surface area (Å²) in [6.45, 7) is 8.73. The Morgan fingerprint density at radius 2 is 1.79 bits per heavy atom. The molecule has 0 saturated carbocycles. The van der Waals surface area contributed by atoms with Gasteiger partial charge in [-0.3, -0.25) is 0 Å². The minimum absolute atomic E-state index is 0.179. The van der Waals surface area contributed by atoms with Gasteiger partial charge in [-0.05, 0) is 22.6 Å². The fraction of sp³-hybridized carbons (Fsp3) is 0.375. The van der Waals surface area contributed by atoms with Gasteiger partial charge in [0.05, 0.1) is 0 Å². The van der Waals surface area contributed by atoms with Crippen LogP contribution in [0.15, 0.2) is 30.3 Å². The Morgan fingerprint density at radius 3 is 2.32 bits per heavy atom. The van der Waals surface area contributed by atoms with Gasteiger partial charge >= 0.3 is 0 Å². The first-order chi connectivity index (χ1) is 8.90. The molecule has 1 heterocycles. The molecule has 0 bridgehead atoms. The minimum Gasteiger partial charge on any atom is -0.343 e. The van der Waals surface area contributed by atoms with Crippen LogP contribution in [0.25, 0.3) is 11.3 Å². The van der Waals surface area contributed by atoms with Gasteiger partial charge in [-0.15, -0.1) is 0 Å². The average Bonchev–Trinajstić information content (AvgIpc) is 2.37. The lowest BCUT2D eigenvalue weighted by molar-refractivity contribution is 0.590. The summed E-state index contributed by atoms with van der Waals surface area (Å²) >= 11 is 5.21. The van der Waals surface area contributed by atoms with Crippen molar-refractivity contribution >= 4 is 12.2 Å². The van der Waals surface area contributed by atoms with E-state index in [9.17, 15) is 0 Å². The molecular weight excluding hydrogens is 252 g/mol. The molecule has 0 fully saturated rings. The molecule has 0 atom stereocenters. The molecule has 0 saturated heterocycles. The van der Waals surface area contributed by atoms with Crippen LogP contribution in [0.3, 0.4) is 0 Å². The molecule has 0 aliphatic carbocycles. The van der Waals surface area contributed by atoms with Gasteiger partial charge in [0.1, 0.15) is 10.5 Å². The average molecular weight is 272 g/mol. The van der Waals surface area contributed by atoms with Gasteiger partial charge < -0.3 is 4.98 Å². The Hall–Kier alpha value is -1.48. The number of nitrogens with zero attached hydrogens (tertiary/aromatic N) is 1. The maximum absolute atomic E-state index is 5.21. The Bertz CT molecular complexity index is 618. The van der Waals surface area contributed by atoms with E-state index in [4.69, 9.17) is 12.2 Å². The molecule has 0 amide bonds. The fourth-order valence-corrected chi connectivity index (χ4v) is 2.21. The van der Waals surface area contributed by atoms with E-state index in [1.807, 2.05) is 6.07 Å². The van der Waals surface area contributed by atoms with Crippen LogP contribution in [-0.4, -0.2) is 9.97 Å². The summed E-state index contributed by atoms with van der Waals surface area (Å²) in [6, 6.07) is 10.6. The van der Waals surface area contributed by atoms with E-state index >= 15 is 0 Å². The predicted octanol–water partition coefficient (Wildman–Crippen LogP) is 4.67. The van der Waals surface area contributed by atoms with Crippen molar-refractivity contribution in [1.82, 2.24) is 9.97 Å². The van der Waals surface area contributed by atoms with Crippen molar-refractivity contribution in [1.29, 1.82) is 0 Å². The Morgan fingerprint density at radius 1 is 1.16 bits per heavy atom. The van der Waals surface area contributed by atoms with Gasteiger partial charge in [0.2, 0.25) is 0 Å². The van der Waals surface area contributed by atoms with E-state index < -0.39 is 0 Å². The highest BCUT2D eigenvalue weighted by Gasteiger charge is 2.13. The first-order valence-corrected chi connectivity index (χ1v) is 7.02. The second-order valence-electron chi connectivity index (χ2n) is 5.76. The van der Waals surface area contributed by atoms with Crippen LogP contribution < -0.4 is 0 Å². The second kappa shape index (κ2) is 5.25. The lowest BCUT2D eigenvalue weighted by Crippen LogP contribution is -2.10. The normalized spacial score (nSPS) is 11.6. The van der Waals surface area contributed by atoms with Crippen LogP contribution in [0.2, 0.25) is 0 Å². The topological polar surface area (TPSA) is 28.7 Å². The van der Waals surface area contributed by atoms with Crippen molar-refractivity contribution < 1.29 is 0 Å². The number of nitrogens with one attached hydrogen (secondary N) is 1. The number of rotatable bonds is 2. The quantitative estimate of drug-likeness (QED) is 0.805. The molecule has 2 aromatic rings. The zero-order valence-electron chi connectivity index (χ0n) is 11.9. The highest BCUT2D eigenvalue weighted by molar-refractivity contribution is 7.71. The van der Waals surface area contributed by atoms with Gasteiger partial charge in [-0.2, -0.15) is 0 Å². The first kappa shape index (κ1) is 13.9. The SMILES string of the molecule is CCc1nc(=S)cc(-c2ccc(C(C)(C)C)cc2)[nH]1. The Balaban J connectivity index is 2.43. The number of aromatic nitrogens is 2. The Kier molecular flexibility index (Phi) is 3.85. The lowest BCUT2D eigenvalue weighted by atomic mass is 9.86. The van der Waals surface area contributed by atoms with Crippen molar-refractivity contribution in [3.8, 4) is 11.3 Å². The minimum atomic E-state index is 0.179. The summed E-state index contributed by atoms with van der Waals surface area (Å²) in [5.74, 6) is 0.933. The molecule has 2 rings (SSSR count). The van der Waals surface area contributed by atoms with Crippen molar-refractivity contribution in [3.63, 3.8) is 0 Å². The number of hydrogen-bond acceptors (Lipinski definition) is 2. The highest BCUT2D eigenvalue weighted by Crippen LogP contribution is 2.25. The van der Waals surface area contributed by atoms with Crippen molar-refractivity contribution in [2.75, 3.05) is 0 Å². The molecule has 100 valence electrons. The number of H-pyrrole nitrogens is 1. The molecule has 1 aromatic heterocycles. The van der Waals surface area contributed by atoms with Crippen LogP contribution in [0.5, 0.6) is 0 Å². The summed E-state index contributed by atoms with van der Waals surface area (Å²) in [7, 11) is 0. The predicted molar refractivity (Wildman–Crippen MR) is 82.9 cm³/mol. The third-order valence-electron chi connectivity index (χ3n) is 3.19. The van der Waals surface area contributed by atoms with Gasteiger partial charge in [-0.25, -0.2) is 4.98 Å². The third-order valence-corrected chi connectivity index (χ3v) is 3.40. The molecule has 2 nitrogen and oxygen atoms in total.